The van der Waals surface area contributed by atoms with Gasteiger partial charge in [0.25, 0.3) is 0 Å². The van der Waals surface area contributed by atoms with E-state index < -0.39 is 10.9 Å². The second kappa shape index (κ2) is 4.46. The molecule has 0 amide bonds. The van der Waals surface area contributed by atoms with Gasteiger partial charge in [0, 0.05) is 5.02 Å². The van der Waals surface area contributed by atoms with E-state index in [1.54, 1.807) is 0 Å². The van der Waals surface area contributed by atoms with E-state index in [1.807, 2.05) is 0 Å². The van der Waals surface area contributed by atoms with Crippen molar-refractivity contribution in [2.24, 2.45) is 0 Å². The maximum absolute atomic E-state index is 11.1. The lowest BCUT2D eigenvalue weighted by atomic mass is 10.2. The molecule has 0 aliphatic carbocycles. The Morgan fingerprint density at radius 3 is 2.72 bits per heavy atom. The van der Waals surface area contributed by atoms with Crippen LogP contribution in [-0.4, -0.2) is 25.8 Å². The minimum absolute atomic E-state index is 0.0829. The van der Waals surface area contributed by atoms with Crippen molar-refractivity contribution in [2.75, 3.05) is 0 Å². The van der Waals surface area contributed by atoms with Gasteiger partial charge in [-0.3, -0.25) is 0 Å². The quantitative estimate of drug-likeness (QED) is 0.678. The van der Waals surface area contributed by atoms with Gasteiger partial charge in [-0.2, -0.15) is 0 Å². The predicted octanol–water partition coefficient (Wildman–Crippen LogP) is 2.13. The number of aromatic nitrogens is 2. The van der Waals surface area contributed by atoms with Crippen LogP contribution in [0.15, 0.2) is 30.5 Å². The molecular weight excluding hydrogens is 262 g/mol. The first-order valence-electron chi connectivity index (χ1n) is 4.72. The van der Waals surface area contributed by atoms with Gasteiger partial charge < -0.3 is 15.2 Å². The highest BCUT2D eigenvalue weighted by Gasteiger charge is 2.18. The molecule has 0 aliphatic rings. The molecule has 0 aliphatic heterocycles. The molecule has 18 heavy (non-hydrogen) atoms. The van der Waals surface area contributed by atoms with Crippen LogP contribution >= 0.6 is 11.6 Å². The summed E-state index contributed by atoms with van der Waals surface area (Å²) in [5.74, 6) is -1.55. The number of hydrogen-bond donors (Lipinski definition) is 1. The maximum atomic E-state index is 11.1. The normalized spacial score (nSPS) is 10.3. The third-order valence-electron chi connectivity index (χ3n) is 2.20. The maximum Gasteiger partial charge on any atom is 0.390 e. The van der Waals surface area contributed by atoms with Gasteiger partial charge in [-0.25, -0.2) is 4.79 Å². The van der Waals surface area contributed by atoms with E-state index in [9.17, 15) is 14.9 Å². The van der Waals surface area contributed by atoms with Gasteiger partial charge >= 0.3 is 11.8 Å². The van der Waals surface area contributed by atoms with E-state index in [1.165, 1.54) is 30.5 Å². The number of nitro groups is 1. The zero-order chi connectivity index (χ0) is 13.3. The van der Waals surface area contributed by atoms with Crippen LogP contribution in [-0.2, 0) is 0 Å². The fourth-order valence-electron chi connectivity index (χ4n) is 1.43. The summed E-state index contributed by atoms with van der Waals surface area (Å²) in [6.07, 6.45) is 1.31. The smallest absolute Gasteiger partial charge is 0.390 e. The van der Waals surface area contributed by atoms with Crippen LogP contribution in [0.1, 0.15) is 10.4 Å². The summed E-state index contributed by atoms with van der Waals surface area (Å²) in [6.45, 7) is 0. The largest absolute Gasteiger partial charge is 0.478 e. The molecule has 1 aromatic carbocycles. The third-order valence-corrected chi connectivity index (χ3v) is 2.43. The zero-order valence-corrected chi connectivity index (χ0v) is 9.53. The number of carboxylic acids is 1. The summed E-state index contributed by atoms with van der Waals surface area (Å²) in [5, 5.41) is 23.5. The van der Waals surface area contributed by atoms with Crippen LogP contribution < -0.4 is 0 Å². The van der Waals surface area contributed by atoms with Crippen molar-refractivity contribution in [1.29, 1.82) is 0 Å². The molecule has 0 fully saturated rings. The molecule has 7 nitrogen and oxygen atoms in total. The summed E-state index contributed by atoms with van der Waals surface area (Å²) in [5.41, 5.74) is 0.125. The van der Waals surface area contributed by atoms with E-state index >= 15 is 0 Å². The number of carboxylic acid groups (broad SMARTS) is 1. The second-order valence-electron chi connectivity index (χ2n) is 3.34. The molecule has 0 spiro atoms. The molecule has 0 bridgehead atoms. The highest BCUT2D eigenvalue weighted by atomic mass is 35.5. The molecule has 2 rings (SSSR count). The SMILES string of the molecule is O=C(O)c1cc(Cl)ccc1-n1ccc([N+](=O)[O-])n1. The molecule has 0 saturated heterocycles. The van der Waals surface area contributed by atoms with E-state index in [2.05, 4.69) is 5.10 Å². The van der Waals surface area contributed by atoms with Crippen LogP contribution in [0.25, 0.3) is 5.69 Å². The van der Waals surface area contributed by atoms with Crippen molar-refractivity contribution >= 4 is 23.4 Å². The van der Waals surface area contributed by atoms with E-state index in [0.29, 0.717) is 0 Å². The Balaban J connectivity index is 2.55. The molecule has 0 saturated carbocycles. The van der Waals surface area contributed by atoms with Crippen LogP contribution in [0.4, 0.5) is 5.82 Å². The molecule has 0 atom stereocenters. The lowest BCUT2D eigenvalue weighted by Gasteiger charge is -2.03. The third kappa shape index (κ3) is 2.16. The van der Waals surface area contributed by atoms with E-state index in [-0.39, 0.29) is 22.1 Å². The second-order valence-corrected chi connectivity index (χ2v) is 3.78. The fourth-order valence-corrected chi connectivity index (χ4v) is 1.60. The Morgan fingerprint density at radius 1 is 1.44 bits per heavy atom. The number of rotatable bonds is 3. The summed E-state index contributed by atoms with van der Waals surface area (Å²) < 4.78 is 1.12. The average molecular weight is 268 g/mol. The summed E-state index contributed by atoms with van der Waals surface area (Å²) in [7, 11) is 0. The lowest BCUT2D eigenvalue weighted by molar-refractivity contribution is -0.389. The molecule has 1 N–H and O–H groups in total. The number of halogens is 1. The molecule has 0 radical (unpaired) electrons. The van der Waals surface area contributed by atoms with Crippen molar-refractivity contribution in [3.63, 3.8) is 0 Å². The van der Waals surface area contributed by atoms with Crippen LogP contribution in [0.5, 0.6) is 0 Å². The monoisotopic (exact) mass is 267 g/mol. The standard InChI is InChI=1S/C10H6ClN3O4/c11-6-1-2-8(7(5-6)10(15)16)13-4-3-9(12-13)14(17)18/h1-5H,(H,15,16). The summed E-state index contributed by atoms with van der Waals surface area (Å²) >= 11 is 5.70. The molecule has 8 heteroatoms. The van der Waals surface area contributed by atoms with Gasteiger partial charge in [-0.1, -0.05) is 11.6 Å². The van der Waals surface area contributed by atoms with E-state index in [4.69, 9.17) is 16.7 Å². The molecule has 1 heterocycles. The Hall–Kier alpha value is -2.41. The lowest BCUT2D eigenvalue weighted by Crippen LogP contribution is -2.06. The van der Waals surface area contributed by atoms with Gasteiger partial charge in [-0.05, 0) is 23.1 Å². The Bertz CT molecular complexity index is 638. The molecule has 92 valence electrons. The Labute approximate surface area is 105 Å². The summed E-state index contributed by atoms with van der Waals surface area (Å²) in [4.78, 5) is 20.9. The number of nitrogens with zero attached hydrogens (tertiary/aromatic N) is 3. The molecule has 2 aromatic rings. The number of hydrogen-bond acceptors (Lipinski definition) is 4. The van der Waals surface area contributed by atoms with Crippen molar-refractivity contribution in [3.8, 4) is 5.69 Å². The highest BCUT2D eigenvalue weighted by Crippen LogP contribution is 2.20. The van der Waals surface area contributed by atoms with Crippen molar-refractivity contribution in [1.82, 2.24) is 9.78 Å². The molecular formula is C10H6ClN3O4. The van der Waals surface area contributed by atoms with Crippen LogP contribution in [0.3, 0.4) is 0 Å². The minimum atomic E-state index is -1.19. The first-order chi connectivity index (χ1) is 8.49. The highest BCUT2D eigenvalue weighted by molar-refractivity contribution is 6.31. The number of aromatic carboxylic acids is 1. The van der Waals surface area contributed by atoms with Crippen molar-refractivity contribution in [2.45, 2.75) is 0 Å². The van der Waals surface area contributed by atoms with Crippen LogP contribution in [0.2, 0.25) is 5.02 Å². The van der Waals surface area contributed by atoms with Gasteiger partial charge in [0.15, 0.2) is 0 Å². The van der Waals surface area contributed by atoms with Gasteiger partial charge in [0.1, 0.15) is 5.69 Å². The Kier molecular flexibility index (Phi) is 2.99. The molecule has 0 unspecified atom stereocenters. The van der Waals surface area contributed by atoms with Crippen molar-refractivity contribution in [3.05, 3.63) is 51.2 Å². The first kappa shape index (κ1) is 12.1. The minimum Gasteiger partial charge on any atom is -0.478 e. The number of benzene rings is 1. The summed E-state index contributed by atoms with van der Waals surface area (Å²) in [6, 6.07) is 5.35. The van der Waals surface area contributed by atoms with Gasteiger partial charge in [0.2, 0.25) is 0 Å². The average Bonchev–Trinajstić information content (AvgIpc) is 2.78. The van der Waals surface area contributed by atoms with Crippen LogP contribution in [0, 0.1) is 10.1 Å². The Morgan fingerprint density at radius 2 is 2.17 bits per heavy atom. The van der Waals surface area contributed by atoms with Gasteiger partial charge in [-0.15, -0.1) is 4.68 Å². The fraction of sp³-hybridized carbons (Fsp3) is 0. The molecule has 1 aromatic heterocycles. The van der Waals surface area contributed by atoms with E-state index in [0.717, 1.165) is 4.68 Å². The first-order valence-corrected chi connectivity index (χ1v) is 5.10. The zero-order valence-electron chi connectivity index (χ0n) is 8.78. The topological polar surface area (TPSA) is 98.3 Å². The van der Waals surface area contributed by atoms with Gasteiger partial charge in [0.05, 0.1) is 22.9 Å². The number of carbonyl (C=O) groups is 1. The van der Waals surface area contributed by atoms with Crippen molar-refractivity contribution < 1.29 is 14.8 Å². The predicted molar refractivity (Wildman–Crippen MR) is 62.2 cm³/mol.